The summed E-state index contributed by atoms with van der Waals surface area (Å²) in [5, 5.41) is 6.84. The second kappa shape index (κ2) is 9.92. The van der Waals surface area contributed by atoms with Crippen molar-refractivity contribution >= 4 is 27.7 Å². The van der Waals surface area contributed by atoms with Crippen LogP contribution in [0.25, 0.3) is 0 Å². The van der Waals surface area contributed by atoms with Crippen LogP contribution >= 0.6 is 15.9 Å². The number of nitrogens with zero attached hydrogens (tertiary/aromatic N) is 2. The van der Waals surface area contributed by atoms with Crippen molar-refractivity contribution in [3.8, 4) is 0 Å². The predicted octanol–water partition coefficient (Wildman–Crippen LogP) is 6.92. The summed E-state index contributed by atoms with van der Waals surface area (Å²) >= 11 is 3.55. The van der Waals surface area contributed by atoms with Gasteiger partial charge in [-0.2, -0.15) is 4.98 Å². The average molecular weight is 475 g/mol. The van der Waals surface area contributed by atoms with Crippen molar-refractivity contribution in [1.29, 1.82) is 0 Å². The number of hydrogen-bond acceptors (Lipinski definition) is 4. The number of hydrogen-bond donors (Lipinski definition) is 2. The molecule has 1 atom stereocenters. The number of allylic oxidation sites excluding steroid dienone is 2. The normalized spacial score (nSPS) is 14.7. The molecule has 0 saturated heterocycles. The van der Waals surface area contributed by atoms with Crippen LogP contribution in [0.15, 0.2) is 95.3 Å². The van der Waals surface area contributed by atoms with Gasteiger partial charge in [-0.3, -0.25) is 0 Å². The van der Waals surface area contributed by atoms with Crippen LogP contribution in [-0.2, 0) is 6.42 Å². The maximum Gasteiger partial charge on any atom is 0.225 e. The Morgan fingerprint density at radius 1 is 1.13 bits per heavy atom. The fourth-order valence-corrected chi connectivity index (χ4v) is 3.88. The van der Waals surface area contributed by atoms with Crippen LogP contribution in [0, 0.1) is 5.92 Å². The van der Waals surface area contributed by atoms with Gasteiger partial charge in [-0.1, -0.05) is 72.8 Å². The van der Waals surface area contributed by atoms with Crippen molar-refractivity contribution in [2.45, 2.75) is 32.2 Å². The first-order chi connectivity index (χ1) is 15.1. The van der Waals surface area contributed by atoms with Crippen molar-refractivity contribution in [3.63, 3.8) is 0 Å². The Balaban J connectivity index is 1.53. The van der Waals surface area contributed by atoms with Gasteiger partial charge >= 0.3 is 0 Å². The van der Waals surface area contributed by atoms with E-state index in [4.69, 9.17) is 4.98 Å². The van der Waals surface area contributed by atoms with Crippen molar-refractivity contribution in [2.75, 3.05) is 10.6 Å². The Bertz CT molecular complexity index is 1060. The lowest BCUT2D eigenvalue weighted by Crippen LogP contribution is -2.16. The van der Waals surface area contributed by atoms with E-state index in [1.165, 1.54) is 29.5 Å². The minimum atomic E-state index is 0.0535. The fraction of sp³-hybridized carbons (Fsp3) is 0.231. The molecule has 4 rings (SSSR count). The third-order valence-corrected chi connectivity index (χ3v) is 6.01. The zero-order chi connectivity index (χ0) is 21.6. The second-order valence-corrected chi connectivity index (χ2v) is 8.85. The molecule has 2 aromatic carbocycles. The quantitative estimate of drug-likeness (QED) is 0.330. The molecule has 1 heterocycles. The number of benzene rings is 2. The van der Waals surface area contributed by atoms with E-state index in [0.29, 0.717) is 17.7 Å². The van der Waals surface area contributed by atoms with Crippen LogP contribution in [0.3, 0.4) is 0 Å². The molecular weight excluding hydrogens is 448 g/mol. The van der Waals surface area contributed by atoms with Crippen LogP contribution in [-0.4, -0.2) is 9.97 Å². The third-order valence-electron chi connectivity index (χ3n) is 5.43. The molecular formula is C26H27BrN4. The summed E-state index contributed by atoms with van der Waals surface area (Å²) in [5.41, 5.74) is 4.65. The fourth-order valence-electron chi connectivity index (χ4n) is 3.59. The lowest BCUT2D eigenvalue weighted by atomic mass is 9.99. The first-order valence-electron chi connectivity index (χ1n) is 10.6. The summed E-state index contributed by atoms with van der Waals surface area (Å²) in [6.07, 6.45) is 7.28. The van der Waals surface area contributed by atoms with Gasteiger partial charge in [0.25, 0.3) is 0 Å². The lowest BCUT2D eigenvalue weighted by Gasteiger charge is -2.20. The highest BCUT2D eigenvalue weighted by Crippen LogP contribution is 2.36. The molecule has 0 aliphatic heterocycles. The van der Waals surface area contributed by atoms with Gasteiger partial charge in [0, 0.05) is 11.9 Å². The molecule has 3 aromatic rings. The van der Waals surface area contributed by atoms with E-state index < -0.39 is 0 Å². The van der Waals surface area contributed by atoms with E-state index in [0.717, 1.165) is 16.6 Å². The summed E-state index contributed by atoms with van der Waals surface area (Å²) in [5.74, 6) is 1.99. The molecule has 1 saturated carbocycles. The molecule has 2 N–H and O–H groups in total. The van der Waals surface area contributed by atoms with E-state index >= 15 is 0 Å². The summed E-state index contributed by atoms with van der Waals surface area (Å²) in [6, 6.07) is 20.9. The minimum absolute atomic E-state index is 0.0535. The summed E-state index contributed by atoms with van der Waals surface area (Å²) in [6.45, 7) is 6.31. The monoisotopic (exact) mass is 474 g/mol. The molecule has 1 aliphatic carbocycles. The van der Waals surface area contributed by atoms with Gasteiger partial charge in [0.05, 0.1) is 10.5 Å². The van der Waals surface area contributed by atoms with Crippen LogP contribution in [0.5, 0.6) is 0 Å². The van der Waals surface area contributed by atoms with Crippen LogP contribution in [0.4, 0.5) is 11.8 Å². The summed E-state index contributed by atoms with van der Waals surface area (Å²) in [7, 11) is 0. The Hall–Kier alpha value is -2.92. The van der Waals surface area contributed by atoms with Gasteiger partial charge in [-0.05, 0) is 65.2 Å². The largest absolute Gasteiger partial charge is 0.347 e. The molecule has 0 radical (unpaired) electrons. The van der Waals surface area contributed by atoms with E-state index in [-0.39, 0.29) is 6.04 Å². The van der Waals surface area contributed by atoms with Gasteiger partial charge in [0.15, 0.2) is 0 Å². The molecule has 31 heavy (non-hydrogen) atoms. The van der Waals surface area contributed by atoms with Crippen molar-refractivity contribution in [3.05, 3.63) is 106 Å². The highest BCUT2D eigenvalue weighted by atomic mass is 79.9. The Morgan fingerprint density at radius 3 is 2.48 bits per heavy atom. The molecule has 0 amide bonds. The van der Waals surface area contributed by atoms with E-state index in [2.05, 4.69) is 99.7 Å². The van der Waals surface area contributed by atoms with E-state index in [9.17, 15) is 0 Å². The van der Waals surface area contributed by atoms with Gasteiger partial charge < -0.3 is 10.6 Å². The number of nitrogens with one attached hydrogen (secondary N) is 2. The van der Waals surface area contributed by atoms with Gasteiger partial charge in [0.1, 0.15) is 5.82 Å². The molecule has 1 aliphatic rings. The van der Waals surface area contributed by atoms with E-state index in [1.807, 2.05) is 12.1 Å². The van der Waals surface area contributed by atoms with Gasteiger partial charge in [-0.15, -0.1) is 0 Å². The van der Waals surface area contributed by atoms with Crippen molar-refractivity contribution in [2.24, 2.45) is 5.92 Å². The van der Waals surface area contributed by atoms with Crippen LogP contribution < -0.4 is 10.6 Å². The first kappa shape index (κ1) is 21.3. The molecule has 4 nitrogen and oxygen atoms in total. The van der Waals surface area contributed by atoms with Crippen molar-refractivity contribution in [1.82, 2.24) is 9.97 Å². The Morgan fingerprint density at radius 2 is 1.81 bits per heavy atom. The average Bonchev–Trinajstić information content (AvgIpc) is 3.62. The summed E-state index contributed by atoms with van der Waals surface area (Å²) in [4.78, 5) is 9.21. The minimum Gasteiger partial charge on any atom is -0.347 e. The zero-order valence-electron chi connectivity index (χ0n) is 17.7. The molecule has 158 valence electrons. The highest BCUT2D eigenvalue weighted by Gasteiger charge is 2.23. The number of rotatable bonds is 9. The smallest absolute Gasteiger partial charge is 0.225 e. The maximum absolute atomic E-state index is 4.72. The highest BCUT2D eigenvalue weighted by molar-refractivity contribution is 9.10. The number of anilines is 2. The van der Waals surface area contributed by atoms with Crippen LogP contribution in [0.2, 0.25) is 0 Å². The Kier molecular flexibility index (Phi) is 6.82. The number of halogens is 1. The first-order valence-corrected chi connectivity index (χ1v) is 11.4. The van der Waals surface area contributed by atoms with Crippen molar-refractivity contribution < 1.29 is 0 Å². The molecule has 1 fully saturated rings. The zero-order valence-corrected chi connectivity index (χ0v) is 19.3. The Labute approximate surface area is 192 Å². The van der Waals surface area contributed by atoms with Gasteiger partial charge in [0.2, 0.25) is 5.95 Å². The maximum atomic E-state index is 4.72. The SMILES string of the molecule is C=C(/C=C(\C)C1CC1)Nc1nc(NC(Cc2ccccc2)c2ccccc2)ncc1Br. The molecule has 0 spiro atoms. The number of aromatic nitrogens is 2. The molecule has 5 heteroatoms. The lowest BCUT2D eigenvalue weighted by molar-refractivity contribution is 0.763. The van der Waals surface area contributed by atoms with Crippen LogP contribution in [0.1, 0.15) is 36.9 Å². The predicted molar refractivity (Wildman–Crippen MR) is 132 cm³/mol. The van der Waals surface area contributed by atoms with Gasteiger partial charge in [-0.25, -0.2) is 4.98 Å². The standard InChI is InChI=1S/C26H27BrN4/c1-18(21-13-14-21)15-19(2)29-25-23(27)17-28-26(31-25)30-24(22-11-7-4-8-12-22)16-20-9-5-3-6-10-20/h3-12,15,17,21,24H,2,13-14,16H2,1H3,(H2,28,29,30,31)/b18-15+. The second-order valence-electron chi connectivity index (χ2n) is 8.00. The molecule has 0 bridgehead atoms. The topological polar surface area (TPSA) is 49.8 Å². The third kappa shape index (κ3) is 6.05. The van der Waals surface area contributed by atoms with E-state index in [1.54, 1.807) is 6.20 Å². The molecule has 1 unspecified atom stereocenters. The summed E-state index contributed by atoms with van der Waals surface area (Å²) < 4.78 is 0.802. The molecule has 1 aromatic heterocycles.